The summed E-state index contributed by atoms with van der Waals surface area (Å²) in [5.41, 5.74) is 0.707. The van der Waals surface area contributed by atoms with Crippen molar-refractivity contribution in [1.82, 2.24) is 5.32 Å². The summed E-state index contributed by atoms with van der Waals surface area (Å²) in [6.07, 6.45) is 4.62. The van der Waals surface area contributed by atoms with Crippen LogP contribution in [0.15, 0.2) is 0 Å². The van der Waals surface area contributed by atoms with E-state index in [1.807, 2.05) is 6.92 Å². The van der Waals surface area contributed by atoms with Crippen molar-refractivity contribution in [2.75, 3.05) is 7.11 Å². The Morgan fingerprint density at radius 3 is 2.50 bits per heavy atom. The average Bonchev–Trinajstić information content (AvgIpc) is 2.67. The lowest BCUT2D eigenvalue weighted by atomic mass is 9.69. The van der Waals surface area contributed by atoms with Gasteiger partial charge in [0.1, 0.15) is 6.04 Å². The highest BCUT2D eigenvalue weighted by Gasteiger charge is 2.61. The molecule has 0 amide bonds. The minimum Gasteiger partial charge on any atom is -0.468 e. The Labute approximate surface area is 111 Å². The number of carbonyl (C=O) groups excluding carboxylic acids is 1. The number of methoxy groups -OCH3 is 1. The van der Waals surface area contributed by atoms with Crippen molar-refractivity contribution in [3.05, 3.63) is 0 Å². The van der Waals surface area contributed by atoms with E-state index in [-0.39, 0.29) is 12.0 Å². The molecule has 18 heavy (non-hydrogen) atoms. The normalized spacial score (nSPS) is 38.7. The van der Waals surface area contributed by atoms with Gasteiger partial charge in [0.2, 0.25) is 0 Å². The van der Waals surface area contributed by atoms with Crippen LogP contribution in [0.3, 0.4) is 0 Å². The van der Waals surface area contributed by atoms with Gasteiger partial charge >= 0.3 is 5.97 Å². The zero-order valence-corrected chi connectivity index (χ0v) is 12.4. The SMILES string of the molecule is CCC(NC1CC2CCC1(C)C2(C)C)C(=O)OC. The van der Waals surface area contributed by atoms with Crippen LogP contribution in [0.1, 0.15) is 53.4 Å². The Morgan fingerprint density at radius 2 is 2.11 bits per heavy atom. The van der Waals surface area contributed by atoms with Gasteiger partial charge in [-0.05, 0) is 42.4 Å². The van der Waals surface area contributed by atoms with Crippen molar-refractivity contribution in [2.45, 2.75) is 65.5 Å². The van der Waals surface area contributed by atoms with Crippen LogP contribution in [0, 0.1) is 16.7 Å². The van der Waals surface area contributed by atoms with E-state index in [2.05, 4.69) is 26.1 Å². The van der Waals surface area contributed by atoms with Crippen LogP contribution >= 0.6 is 0 Å². The molecule has 104 valence electrons. The molecule has 0 radical (unpaired) electrons. The Hall–Kier alpha value is -0.570. The topological polar surface area (TPSA) is 38.3 Å². The number of esters is 1. The number of hydrogen-bond acceptors (Lipinski definition) is 3. The molecule has 1 N–H and O–H groups in total. The minimum absolute atomic E-state index is 0.123. The molecule has 2 aliphatic carbocycles. The maximum absolute atomic E-state index is 11.7. The molecule has 4 atom stereocenters. The summed E-state index contributed by atoms with van der Waals surface area (Å²) in [6, 6.07) is 0.308. The standard InChI is InChI=1S/C15H27NO2/c1-6-11(13(17)18-5)16-12-9-10-7-8-15(12,4)14(10,2)3/h10-12,16H,6-9H2,1-5H3. The fourth-order valence-electron chi connectivity index (χ4n) is 4.19. The minimum atomic E-state index is -0.146. The van der Waals surface area contributed by atoms with E-state index in [1.165, 1.54) is 26.4 Å². The molecule has 2 saturated carbocycles. The Balaban J connectivity index is 2.10. The summed E-state index contributed by atoms with van der Waals surface area (Å²) in [4.78, 5) is 11.7. The van der Waals surface area contributed by atoms with Gasteiger partial charge in [-0.25, -0.2) is 0 Å². The molecule has 3 nitrogen and oxygen atoms in total. The molecule has 2 aliphatic rings. The first-order valence-electron chi connectivity index (χ1n) is 7.20. The molecular formula is C15H27NO2. The van der Waals surface area contributed by atoms with Gasteiger partial charge in [-0.1, -0.05) is 27.7 Å². The Morgan fingerprint density at radius 1 is 1.44 bits per heavy atom. The van der Waals surface area contributed by atoms with Gasteiger partial charge in [0.25, 0.3) is 0 Å². The Kier molecular flexibility index (Phi) is 3.48. The smallest absolute Gasteiger partial charge is 0.322 e. The molecule has 0 saturated heterocycles. The molecule has 2 bridgehead atoms. The van der Waals surface area contributed by atoms with E-state index >= 15 is 0 Å². The first-order chi connectivity index (χ1) is 8.36. The number of hydrogen-bond donors (Lipinski definition) is 1. The van der Waals surface area contributed by atoms with Crippen molar-refractivity contribution in [2.24, 2.45) is 16.7 Å². The third-order valence-corrected chi connectivity index (χ3v) is 6.09. The molecule has 2 fully saturated rings. The quantitative estimate of drug-likeness (QED) is 0.783. The number of fused-ring (bicyclic) bond motifs is 2. The molecule has 2 rings (SSSR count). The van der Waals surface area contributed by atoms with E-state index in [0.717, 1.165) is 12.3 Å². The highest BCUT2D eigenvalue weighted by atomic mass is 16.5. The fourth-order valence-corrected chi connectivity index (χ4v) is 4.19. The lowest BCUT2D eigenvalue weighted by Gasteiger charge is -2.40. The van der Waals surface area contributed by atoms with Crippen LogP contribution in [0.2, 0.25) is 0 Å². The third kappa shape index (κ3) is 1.78. The van der Waals surface area contributed by atoms with Gasteiger partial charge < -0.3 is 10.1 Å². The second-order valence-corrected chi connectivity index (χ2v) is 6.81. The summed E-state index contributed by atoms with van der Waals surface area (Å²) >= 11 is 0. The molecule has 3 heteroatoms. The van der Waals surface area contributed by atoms with E-state index in [1.54, 1.807) is 0 Å². The molecule has 0 aromatic carbocycles. The molecule has 0 spiro atoms. The zero-order chi connectivity index (χ0) is 13.6. The highest BCUT2D eigenvalue weighted by molar-refractivity contribution is 5.75. The molecule has 0 aromatic rings. The zero-order valence-electron chi connectivity index (χ0n) is 12.4. The van der Waals surface area contributed by atoms with Gasteiger partial charge in [0, 0.05) is 6.04 Å². The lowest BCUT2D eigenvalue weighted by Crippen LogP contribution is -2.51. The van der Waals surface area contributed by atoms with Gasteiger partial charge in [-0.15, -0.1) is 0 Å². The number of carbonyl (C=O) groups is 1. The van der Waals surface area contributed by atoms with Crippen LogP contribution < -0.4 is 5.32 Å². The summed E-state index contributed by atoms with van der Waals surface area (Å²) in [5, 5.41) is 3.57. The monoisotopic (exact) mass is 253 g/mol. The van der Waals surface area contributed by atoms with E-state index < -0.39 is 0 Å². The lowest BCUT2D eigenvalue weighted by molar-refractivity contribution is -0.143. The fraction of sp³-hybridized carbons (Fsp3) is 0.933. The maximum atomic E-state index is 11.7. The second-order valence-electron chi connectivity index (χ2n) is 6.81. The third-order valence-electron chi connectivity index (χ3n) is 6.09. The van der Waals surface area contributed by atoms with Crippen molar-refractivity contribution in [1.29, 1.82) is 0 Å². The van der Waals surface area contributed by atoms with Crippen molar-refractivity contribution in [3.8, 4) is 0 Å². The van der Waals surface area contributed by atoms with Crippen molar-refractivity contribution < 1.29 is 9.53 Å². The average molecular weight is 253 g/mol. The molecule has 0 aliphatic heterocycles. The second kappa shape index (κ2) is 4.52. The summed E-state index contributed by atoms with van der Waals surface area (Å²) in [5.74, 6) is 0.678. The molecule has 4 unspecified atom stereocenters. The summed E-state index contributed by atoms with van der Waals surface area (Å²) in [7, 11) is 1.47. The van der Waals surface area contributed by atoms with E-state index in [9.17, 15) is 4.79 Å². The Bertz CT molecular complexity index is 339. The van der Waals surface area contributed by atoms with Gasteiger partial charge in [0.15, 0.2) is 0 Å². The highest BCUT2D eigenvalue weighted by Crippen LogP contribution is 2.65. The van der Waals surface area contributed by atoms with Gasteiger partial charge in [0.05, 0.1) is 7.11 Å². The first kappa shape index (κ1) is 13.9. The van der Waals surface area contributed by atoms with Crippen LogP contribution in [0.5, 0.6) is 0 Å². The molecular weight excluding hydrogens is 226 g/mol. The van der Waals surface area contributed by atoms with E-state index in [0.29, 0.717) is 16.9 Å². The van der Waals surface area contributed by atoms with Crippen molar-refractivity contribution in [3.63, 3.8) is 0 Å². The van der Waals surface area contributed by atoms with Crippen LogP contribution in [0.4, 0.5) is 0 Å². The summed E-state index contributed by atoms with van der Waals surface area (Å²) < 4.78 is 4.88. The summed E-state index contributed by atoms with van der Waals surface area (Å²) in [6.45, 7) is 9.22. The van der Waals surface area contributed by atoms with E-state index in [4.69, 9.17) is 4.74 Å². The van der Waals surface area contributed by atoms with Crippen LogP contribution in [0.25, 0.3) is 0 Å². The predicted molar refractivity (Wildman–Crippen MR) is 72.2 cm³/mol. The van der Waals surface area contributed by atoms with Gasteiger partial charge in [-0.3, -0.25) is 4.79 Å². The maximum Gasteiger partial charge on any atom is 0.322 e. The number of nitrogens with one attached hydrogen (secondary N) is 1. The predicted octanol–water partition coefficient (Wildman–Crippen LogP) is 2.74. The molecule has 0 aromatic heterocycles. The molecule has 0 heterocycles. The van der Waals surface area contributed by atoms with Crippen LogP contribution in [-0.4, -0.2) is 25.2 Å². The van der Waals surface area contributed by atoms with Crippen molar-refractivity contribution >= 4 is 5.97 Å². The number of rotatable bonds is 4. The van der Waals surface area contributed by atoms with Crippen LogP contribution in [-0.2, 0) is 9.53 Å². The first-order valence-corrected chi connectivity index (χ1v) is 7.20. The van der Waals surface area contributed by atoms with Gasteiger partial charge in [-0.2, -0.15) is 0 Å². The largest absolute Gasteiger partial charge is 0.468 e. The number of ether oxygens (including phenoxy) is 1.